The van der Waals surface area contributed by atoms with Crippen LogP contribution < -0.4 is 0 Å². The third kappa shape index (κ3) is 2.35. The van der Waals surface area contributed by atoms with Crippen molar-refractivity contribution in [3.63, 3.8) is 0 Å². The summed E-state index contributed by atoms with van der Waals surface area (Å²) in [5, 5.41) is -0.0383. The van der Waals surface area contributed by atoms with Gasteiger partial charge in [-0.15, -0.1) is 11.6 Å². The van der Waals surface area contributed by atoms with Crippen LogP contribution in [0.1, 0.15) is 20.3 Å². The van der Waals surface area contributed by atoms with E-state index < -0.39 is 0 Å². The highest BCUT2D eigenvalue weighted by Gasteiger charge is 2.37. The maximum absolute atomic E-state index is 11.5. The summed E-state index contributed by atoms with van der Waals surface area (Å²) in [5.41, 5.74) is -0.241. The Morgan fingerprint density at radius 2 is 2.31 bits per heavy atom. The summed E-state index contributed by atoms with van der Waals surface area (Å²) in [6, 6.07) is 0. The molecule has 0 aromatic carbocycles. The van der Waals surface area contributed by atoms with Crippen LogP contribution in [-0.4, -0.2) is 42.0 Å². The van der Waals surface area contributed by atoms with Crippen molar-refractivity contribution in [2.75, 3.05) is 20.3 Å². The molecule has 1 rings (SSSR count). The first-order valence-electron chi connectivity index (χ1n) is 4.41. The first kappa shape index (κ1) is 10.8. The Morgan fingerprint density at radius 1 is 1.69 bits per heavy atom. The third-order valence-electron chi connectivity index (χ3n) is 2.31. The van der Waals surface area contributed by atoms with Crippen molar-refractivity contribution in [2.24, 2.45) is 0 Å². The molecule has 0 aromatic heterocycles. The van der Waals surface area contributed by atoms with Gasteiger partial charge in [-0.1, -0.05) is 0 Å². The minimum absolute atomic E-state index is 0.0383. The molecule has 1 unspecified atom stereocenters. The summed E-state index contributed by atoms with van der Waals surface area (Å²) in [4.78, 5) is 13.3. The van der Waals surface area contributed by atoms with Gasteiger partial charge in [0.15, 0.2) is 0 Å². The largest absolute Gasteiger partial charge is 0.382 e. The fourth-order valence-corrected chi connectivity index (χ4v) is 1.95. The highest BCUT2D eigenvalue weighted by molar-refractivity contribution is 6.22. The summed E-state index contributed by atoms with van der Waals surface area (Å²) in [6.45, 7) is 5.16. The van der Waals surface area contributed by atoms with E-state index in [1.165, 1.54) is 0 Å². The van der Waals surface area contributed by atoms with Gasteiger partial charge in [0.05, 0.1) is 17.5 Å². The molecule has 0 radical (unpaired) electrons. The van der Waals surface area contributed by atoms with Gasteiger partial charge in [0, 0.05) is 20.1 Å². The van der Waals surface area contributed by atoms with E-state index >= 15 is 0 Å². The number of hydrogen-bond acceptors (Lipinski definition) is 2. The lowest BCUT2D eigenvalue weighted by molar-refractivity contribution is -0.133. The van der Waals surface area contributed by atoms with Crippen molar-refractivity contribution >= 4 is 17.5 Å². The smallest absolute Gasteiger partial charge is 0.224 e. The Kier molecular flexibility index (Phi) is 3.19. The molecule has 76 valence electrons. The molecule has 0 aromatic rings. The molecule has 4 heteroatoms. The van der Waals surface area contributed by atoms with Gasteiger partial charge in [-0.2, -0.15) is 0 Å². The summed E-state index contributed by atoms with van der Waals surface area (Å²) >= 11 is 5.90. The van der Waals surface area contributed by atoms with Crippen LogP contribution in [0, 0.1) is 0 Å². The SMILES string of the molecule is COCC(C)(C)N1CC(Cl)CC1=O. The second-order valence-corrected chi connectivity index (χ2v) is 4.67. The van der Waals surface area contributed by atoms with E-state index in [4.69, 9.17) is 16.3 Å². The van der Waals surface area contributed by atoms with Gasteiger partial charge < -0.3 is 9.64 Å². The van der Waals surface area contributed by atoms with Gasteiger partial charge in [0.2, 0.25) is 5.91 Å². The van der Waals surface area contributed by atoms with Crippen molar-refractivity contribution in [1.29, 1.82) is 0 Å². The standard InChI is InChI=1S/C9H16ClNO2/c1-9(2,6-13-3)11-5-7(10)4-8(11)12/h7H,4-6H2,1-3H3. The number of ether oxygens (including phenoxy) is 1. The van der Waals surface area contributed by atoms with Crippen LogP contribution in [0.25, 0.3) is 0 Å². The van der Waals surface area contributed by atoms with Gasteiger partial charge in [0.1, 0.15) is 0 Å². The molecule has 13 heavy (non-hydrogen) atoms. The number of carbonyl (C=O) groups is 1. The maximum atomic E-state index is 11.5. The Balaban J connectivity index is 2.65. The van der Waals surface area contributed by atoms with E-state index in [1.54, 1.807) is 12.0 Å². The quantitative estimate of drug-likeness (QED) is 0.650. The second kappa shape index (κ2) is 3.84. The number of halogens is 1. The van der Waals surface area contributed by atoms with Gasteiger partial charge in [0.25, 0.3) is 0 Å². The predicted octanol–water partition coefficient (Wildman–Crippen LogP) is 1.25. The Hall–Kier alpha value is -0.280. The zero-order valence-corrected chi connectivity index (χ0v) is 9.10. The number of carbonyl (C=O) groups excluding carboxylic acids is 1. The van der Waals surface area contributed by atoms with Crippen LogP contribution >= 0.6 is 11.6 Å². The number of amides is 1. The average molecular weight is 206 g/mol. The Labute approximate surface area is 84.0 Å². The number of alkyl halides is 1. The molecule has 1 saturated heterocycles. The van der Waals surface area contributed by atoms with Gasteiger partial charge in [-0.3, -0.25) is 4.79 Å². The number of hydrogen-bond donors (Lipinski definition) is 0. The van der Waals surface area contributed by atoms with Crippen molar-refractivity contribution in [3.05, 3.63) is 0 Å². The normalized spacial score (nSPS) is 24.2. The number of methoxy groups -OCH3 is 1. The van der Waals surface area contributed by atoms with Crippen molar-refractivity contribution < 1.29 is 9.53 Å². The molecule has 1 heterocycles. The average Bonchev–Trinajstić information content (AvgIpc) is 2.30. The molecule has 1 atom stereocenters. The molecule has 1 aliphatic heterocycles. The number of nitrogens with zero attached hydrogens (tertiary/aromatic N) is 1. The first-order valence-corrected chi connectivity index (χ1v) is 4.84. The topological polar surface area (TPSA) is 29.5 Å². The van der Waals surface area contributed by atoms with Crippen LogP contribution in [0.15, 0.2) is 0 Å². The van der Waals surface area contributed by atoms with Crippen LogP contribution in [0.3, 0.4) is 0 Å². The lowest BCUT2D eigenvalue weighted by Crippen LogP contribution is -2.48. The Bertz CT molecular complexity index is 206. The highest BCUT2D eigenvalue weighted by atomic mass is 35.5. The minimum atomic E-state index is -0.241. The fourth-order valence-electron chi connectivity index (χ4n) is 1.68. The molecule has 0 spiro atoms. The summed E-state index contributed by atoms with van der Waals surface area (Å²) < 4.78 is 5.07. The summed E-state index contributed by atoms with van der Waals surface area (Å²) in [5.74, 6) is 0.127. The number of rotatable bonds is 3. The van der Waals surface area contributed by atoms with Crippen molar-refractivity contribution in [1.82, 2.24) is 4.90 Å². The molecule has 1 aliphatic rings. The molecule has 3 nitrogen and oxygen atoms in total. The molecular weight excluding hydrogens is 190 g/mol. The van der Waals surface area contributed by atoms with Crippen molar-refractivity contribution in [3.8, 4) is 0 Å². The molecular formula is C9H16ClNO2. The van der Waals surface area contributed by atoms with Gasteiger partial charge in [-0.25, -0.2) is 0 Å². The van der Waals surface area contributed by atoms with Crippen molar-refractivity contribution in [2.45, 2.75) is 31.2 Å². The zero-order chi connectivity index (χ0) is 10.1. The van der Waals surface area contributed by atoms with Crippen LogP contribution in [0.2, 0.25) is 0 Å². The van der Waals surface area contributed by atoms with E-state index in [-0.39, 0.29) is 16.8 Å². The minimum Gasteiger partial charge on any atom is -0.382 e. The lowest BCUT2D eigenvalue weighted by Gasteiger charge is -2.34. The molecule has 0 bridgehead atoms. The van der Waals surface area contributed by atoms with Crippen LogP contribution in [-0.2, 0) is 9.53 Å². The molecule has 0 N–H and O–H groups in total. The van der Waals surface area contributed by atoms with E-state index in [0.29, 0.717) is 19.6 Å². The third-order valence-corrected chi connectivity index (χ3v) is 2.60. The van der Waals surface area contributed by atoms with E-state index in [9.17, 15) is 4.79 Å². The molecule has 0 saturated carbocycles. The van der Waals surface area contributed by atoms with E-state index in [1.807, 2.05) is 13.8 Å². The maximum Gasteiger partial charge on any atom is 0.224 e. The summed E-state index contributed by atoms with van der Waals surface area (Å²) in [6.07, 6.45) is 0.453. The number of likely N-dealkylation sites (tertiary alicyclic amines) is 1. The highest BCUT2D eigenvalue weighted by Crippen LogP contribution is 2.25. The second-order valence-electron chi connectivity index (χ2n) is 4.05. The molecule has 1 fully saturated rings. The predicted molar refractivity (Wildman–Crippen MR) is 51.9 cm³/mol. The molecule has 0 aliphatic carbocycles. The first-order chi connectivity index (χ1) is 5.97. The zero-order valence-electron chi connectivity index (χ0n) is 8.34. The van der Waals surface area contributed by atoms with Crippen LogP contribution in [0.4, 0.5) is 0 Å². The van der Waals surface area contributed by atoms with Gasteiger partial charge >= 0.3 is 0 Å². The van der Waals surface area contributed by atoms with E-state index in [0.717, 1.165) is 0 Å². The molecule has 1 amide bonds. The Morgan fingerprint density at radius 3 is 2.69 bits per heavy atom. The lowest BCUT2D eigenvalue weighted by atomic mass is 10.1. The van der Waals surface area contributed by atoms with E-state index in [2.05, 4.69) is 0 Å². The monoisotopic (exact) mass is 205 g/mol. The summed E-state index contributed by atoms with van der Waals surface area (Å²) in [7, 11) is 1.64. The fraction of sp³-hybridized carbons (Fsp3) is 0.889. The van der Waals surface area contributed by atoms with Gasteiger partial charge in [-0.05, 0) is 13.8 Å². The van der Waals surface area contributed by atoms with Crippen LogP contribution in [0.5, 0.6) is 0 Å².